The molecule has 0 heterocycles. The lowest BCUT2D eigenvalue weighted by Crippen LogP contribution is -2.53. The predicted molar refractivity (Wildman–Crippen MR) is 76.7 cm³/mol. The van der Waals surface area contributed by atoms with Crippen molar-refractivity contribution in [3.63, 3.8) is 0 Å². The minimum Gasteiger partial charge on any atom is -0.394 e. The van der Waals surface area contributed by atoms with Crippen molar-refractivity contribution < 1.29 is 5.11 Å². The Bertz CT molecular complexity index is 329. The number of nitrogens with one attached hydrogen (secondary N) is 1. The zero-order valence-electron chi connectivity index (χ0n) is 11.8. The van der Waals surface area contributed by atoms with Gasteiger partial charge < -0.3 is 15.3 Å². The minimum absolute atomic E-state index is 0.112. The highest BCUT2D eigenvalue weighted by Gasteiger charge is 2.31. The molecule has 0 saturated carbocycles. The molecule has 2 N–H and O–H groups in total. The summed E-state index contributed by atoms with van der Waals surface area (Å²) in [6.45, 7) is 7.08. The number of benzene rings is 1. The Balaban J connectivity index is 2.97. The van der Waals surface area contributed by atoms with Gasteiger partial charge in [-0.15, -0.1) is 0 Å². The van der Waals surface area contributed by atoms with Crippen LogP contribution in [0.2, 0.25) is 0 Å². The van der Waals surface area contributed by atoms with Crippen molar-refractivity contribution in [3.8, 4) is 0 Å². The highest BCUT2D eigenvalue weighted by Crippen LogP contribution is 2.22. The molecule has 3 heteroatoms. The standard InChI is InChI=1S/C15H26N2O/c1-4-11-16-15(13-18,12-17(3)5-2)14-9-7-6-8-10-14/h6-10,16,18H,4-5,11-13H2,1-3H3. The van der Waals surface area contributed by atoms with Crippen LogP contribution in [0.25, 0.3) is 0 Å². The van der Waals surface area contributed by atoms with E-state index >= 15 is 0 Å². The lowest BCUT2D eigenvalue weighted by molar-refractivity contribution is 0.120. The summed E-state index contributed by atoms with van der Waals surface area (Å²) in [5, 5.41) is 13.4. The van der Waals surface area contributed by atoms with Crippen LogP contribution in [-0.4, -0.2) is 43.3 Å². The normalized spacial score (nSPS) is 14.7. The van der Waals surface area contributed by atoms with Crippen LogP contribution in [0.15, 0.2) is 30.3 Å². The summed E-state index contributed by atoms with van der Waals surface area (Å²) >= 11 is 0. The van der Waals surface area contributed by atoms with Gasteiger partial charge in [-0.3, -0.25) is 0 Å². The first-order valence-corrected chi connectivity index (χ1v) is 6.78. The van der Waals surface area contributed by atoms with Crippen molar-refractivity contribution in [2.45, 2.75) is 25.8 Å². The second-order valence-electron chi connectivity index (χ2n) is 4.86. The van der Waals surface area contributed by atoms with Crippen molar-refractivity contribution in [3.05, 3.63) is 35.9 Å². The third kappa shape index (κ3) is 3.80. The van der Waals surface area contributed by atoms with Crippen LogP contribution >= 0.6 is 0 Å². The van der Waals surface area contributed by atoms with Crippen molar-refractivity contribution in [1.29, 1.82) is 0 Å². The summed E-state index contributed by atoms with van der Waals surface area (Å²) in [6.07, 6.45) is 1.06. The van der Waals surface area contributed by atoms with Crippen LogP contribution in [-0.2, 0) is 5.54 Å². The maximum Gasteiger partial charge on any atom is 0.0797 e. The molecule has 0 bridgehead atoms. The number of hydrogen-bond donors (Lipinski definition) is 2. The molecule has 0 aliphatic rings. The minimum atomic E-state index is -0.359. The van der Waals surface area contributed by atoms with Gasteiger partial charge in [0.05, 0.1) is 12.1 Å². The molecule has 1 atom stereocenters. The fourth-order valence-electron chi connectivity index (χ4n) is 2.14. The van der Waals surface area contributed by atoms with Gasteiger partial charge in [-0.05, 0) is 32.1 Å². The average molecular weight is 250 g/mol. The van der Waals surface area contributed by atoms with E-state index in [0.29, 0.717) is 0 Å². The van der Waals surface area contributed by atoms with E-state index in [-0.39, 0.29) is 12.1 Å². The van der Waals surface area contributed by atoms with Crippen LogP contribution < -0.4 is 5.32 Å². The summed E-state index contributed by atoms with van der Waals surface area (Å²) in [4.78, 5) is 2.23. The number of likely N-dealkylation sites (N-methyl/N-ethyl adjacent to an activating group) is 1. The second-order valence-corrected chi connectivity index (χ2v) is 4.86. The third-order valence-electron chi connectivity index (χ3n) is 3.39. The fraction of sp³-hybridized carbons (Fsp3) is 0.600. The van der Waals surface area contributed by atoms with E-state index < -0.39 is 0 Å². The quantitative estimate of drug-likeness (QED) is 0.739. The maximum absolute atomic E-state index is 9.91. The Morgan fingerprint density at radius 1 is 1.22 bits per heavy atom. The zero-order valence-corrected chi connectivity index (χ0v) is 11.8. The summed E-state index contributed by atoms with van der Waals surface area (Å²) < 4.78 is 0. The number of nitrogens with zero attached hydrogens (tertiary/aromatic N) is 1. The Hall–Kier alpha value is -0.900. The van der Waals surface area contributed by atoms with E-state index in [9.17, 15) is 5.11 Å². The first kappa shape index (κ1) is 15.2. The van der Waals surface area contributed by atoms with Crippen LogP contribution in [0.3, 0.4) is 0 Å². The molecule has 0 aliphatic heterocycles. The number of rotatable bonds is 8. The van der Waals surface area contributed by atoms with Gasteiger partial charge in [0.2, 0.25) is 0 Å². The Kier molecular flexibility index (Phi) is 6.33. The zero-order chi connectivity index (χ0) is 13.4. The molecule has 0 radical (unpaired) electrons. The smallest absolute Gasteiger partial charge is 0.0797 e. The fourth-order valence-corrected chi connectivity index (χ4v) is 2.14. The summed E-state index contributed by atoms with van der Waals surface area (Å²) in [6, 6.07) is 10.2. The predicted octanol–water partition coefficient (Wildman–Crippen LogP) is 1.83. The first-order valence-electron chi connectivity index (χ1n) is 6.78. The van der Waals surface area contributed by atoms with Gasteiger partial charge in [-0.2, -0.15) is 0 Å². The maximum atomic E-state index is 9.91. The Labute approximate surface area is 111 Å². The van der Waals surface area contributed by atoms with Gasteiger partial charge in [0.1, 0.15) is 0 Å². The Morgan fingerprint density at radius 3 is 2.39 bits per heavy atom. The third-order valence-corrected chi connectivity index (χ3v) is 3.39. The summed E-state index contributed by atoms with van der Waals surface area (Å²) in [5.41, 5.74) is 0.795. The Morgan fingerprint density at radius 2 is 1.89 bits per heavy atom. The molecule has 0 aliphatic carbocycles. The monoisotopic (exact) mass is 250 g/mol. The highest BCUT2D eigenvalue weighted by molar-refractivity contribution is 5.25. The van der Waals surface area contributed by atoms with Crippen molar-refractivity contribution >= 4 is 0 Å². The van der Waals surface area contributed by atoms with E-state index in [1.807, 2.05) is 18.2 Å². The molecule has 102 valence electrons. The second kappa shape index (κ2) is 7.52. The van der Waals surface area contributed by atoms with E-state index in [2.05, 4.69) is 43.2 Å². The molecule has 1 rings (SSSR count). The number of aliphatic hydroxyl groups excluding tert-OH is 1. The number of aliphatic hydroxyl groups is 1. The molecule has 1 aromatic carbocycles. The van der Waals surface area contributed by atoms with Gasteiger partial charge in [0, 0.05) is 6.54 Å². The lowest BCUT2D eigenvalue weighted by Gasteiger charge is -2.37. The molecule has 0 saturated heterocycles. The van der Waals surface area contributed by atoms with E-state index in [0.717, 1.165) is 31.6 Å². The van der Waals surface area contributed by atoms with Gasteiger partial charge in [-0.1, -0.05) is 44.2 Å². The molecule has 0 aromatic heterocycles. The highest BCUT2D eigenvalue weighted by atomic mass is 16.3. The lowest BCUT2D eigenvalue weighted by atomic mass is 9.89. The molecule has 0 amide bonds. The largest absolute Gasteiger partial charge is 0.394 e. The molecule has 1 aromatic rings. The van der Waals surface area contributed by atoms with E-state index in [1.165, 1.54) is 0 Å². The van der Waals surface area contributed by atoms with Gasteiger partial charge >= 0.3 is 0 Å². The molecular weight excluding hydrogens is 224 g/mol. The van der Waals surface area contributed by atoms with Gasteiger partial charge in [-0.25, -0.2) is 0 Å². The van der Waals surface area contributed by atoms with Crippen LogP contribution in [0.5, 0.6) is 0 Å². The summed E-state index contributed by atoms with van der Waals surface area (Å²) in [5.74, 6) is 0. The molecule has 0 spiro atoms. The SMILES string of the molecule is CCCNC(CO)(CN(C)CC)c1ccccc1. The molecular formula is C15H26N2O. The number of hydrogen-bond acceptors (Lipinski definition) is 3. The van der Waals surface area contributed by atoms with E-state index in [1.54, 1.807) is 0 Å². The van der Waals surface area contributed by atoms with Crippen molar-refractivity contribution in [2.24, 2.45) is 0 Å². The van der Waals surface area contributed by atoms with Crippen molar-refractivity contribution in [1.82, 2.24) is 10.2 Å². The molecule has 0 fully saturated rings. The molecule has 3 nitrogen and oxygen atoms in total. The van der Waals surface area contributed by atoms with Crippen LogP contribution in [0.1, 0.15) is 25.8 Å². The van der Waals surface area contributed by atoms with Gasteiger partial charge in [0.25, 0.3) is 0 Å². The molecule has 1 unspecified atom stereocenters. The topological polar surface area (TPSA) is 35.5 Å². The first-order chi connectivity index (χ1) is 8.68. The van der Waals surface area contributed by atoms with Crippen molar-refractivity contribution in [2.75, 3.05) is 33.3 Å². The van der Waals surface area contributed by atoms with Crippen LogP contribution in [0, 0.1) is 0 Å². The summed E-state index contributed by atoms with van der Waals surface area (Å²) in [7, 11) is 2.08. The van der Waals surface area contributed by atoms with E-state index in [4.69, 9.17) is 0 Å². The van der Waals surface area contributed by atoms with Crippen LogP contribution in [0.4, 0.5) is 0 Å². The average Bonchev–Trinajstić information content (AvgIpc) is 2.44. The van der Waals surface area contributed by atoms with Gasteiger partial charge in [0.15, 0.2) is 0 Å². The molecule has 18 heavy (non-hydrogen) atoms.